The van der Waals surface area contributed by atoms with Crippen molar-refractivity contribution in [3.63, 3.8) is 0 Å². The Kier molecular flexibility index (Phi) is 10.4. The Balaban J connectivity index is 1.28. The summed E-state index contributed by atoms with van der Waals surface area (Å²) >= 11 is 2.19. The molecule has 0 atom stereocenters. The van der Waals surface area contributed by atoms with E-state index in [0.717, 1.165) is 22.3 Å². The smallest absolute Gasteiger partial charge is 0.204 e. The van der Waals surface area contributed by atoms with Gasteiger partial charge in [-0.3, -0.25) is 4.79 Å². The summed E-state index contributed by atoms with van der Waals surface area (Å²) in [4.78, 5) is 14.6. The zero-order chi connectivity index (χ0) is 34.1. The molecular formula is C43H33IO6. The van der Waals surface area contributed by atoms with E-state index in [2.05, 4.69) is 22.6 Å². The van der Waals surface area contributed by atoms with Crippen molar-refractivity contribution >= 4 is 33.6 Å². The minimum Gasteiger partial charge on any atom is -0.489 e. The van der Waals surface area contributed by atoms with Gasteiger partial charge in [0.2, 0.25) is 5.43 Å². The van der Waals surface area contributed by atoms with Crippen LogP contribution in [0.25, 0.3) is 22.1 Å². The summed E-state index contributed by atoms with van der Waals surface area (Å²) in [5.74, 6) is 2.08. The highest BCUT2D eigenvalue weighted by Gasteiger charge is 2.23. The van der Waals surface area contributed by atoms with E-state index < -0.39 is 0 Å². The van der Waals surface area contributed by atoms with E-state index in [1.54, 1.807) is 6.07 Å². The summed E-state index contributed by atoms with van der Waals surface area (Å²) in [6, 6.07) is 46.8. The molecule has 0 saturated heterocycles. The van der Waals surface area contributed by atoms with Crippen molar-refractivity contribution in [2.75, 3.05) is 0 Å². The molecule has 0 bridgehead atoms. The second-order valence-electron chi connectivity index (χ2n) is 11.6. The minimum atomic E-state index is -0.246. The van der Waals surface area contributed by atoms with Gasteiger partial charge in [-0.15, -0.1) is 0 Å². The Morgan fingerprint density at radius 1 is 0.500 bits per heavy atom. The normalized spacial score (nSPS) is 10.9. The molecule has 0 fully saturated rings. The lowest BCUT2D eigenvalue weighted by atomic mass is 10.0. The van der Waals surface area contributed by atoms with E-state index in [1.165, 1.54) is 6.26 Å². The SMILES string of the molecule is O=c1c(-c2ccc(OCc3ccccc3)cc2OCc2ccccc2)coc2cc(OCc3ccccc3)c(I)c(OCc3ccccc3)c12. The molecule has 6 aromatic carbocycles. The van der Waals surface area contributed by atoms with Crippen LogP contribution in [0.4, 0.5) is 0 Å². The molecule has 0 radical (unpaired) electrons. The molecule has 1 aromatic heterocycles. The molecule has 7 aromatic rings. The van der Waals surface area contributed by atoms with Crippen LogP contribution in [0.1, 0.15) is 22.3 Å². The van der Waals surface area contributed by atoms with Crippen LogP contribution < -0.4 is 24.4 Å². The van der Waals surface area contributed by atoms with Crippen LogP contribution in [-0.4, -0.2) is 0 Å². The predicted octanol–water partition coefficient (Wildman–Crippen LogP) is 10.4. The molecule has 1 heterocycles. The van der Waals surface area contributed by atoms with Gasteiger partial charge in [0.1, 0.15) is 60.9 Å². The number of halogens is 1. The Morgan fingerprint density at radius 2 is 0.980 bits per heavy atom. The first kappa shape index (κ1) is 33.0. The van der Waals surface area contributed by atoms with Crippen LogP contribution in [0.5, 0.6) is 23.0 Å². The largest absolute Gasteiger partial charge is 0.489 e. The van der Waals surface area contributed by atoms with Crippen LogP contribution in [0.15, 0.2) is 161 Å². The predicted molar refractivity (Wildman–Crippen MR) is 204 cm³/mol. The van der Waals surface area contributed by atoms with Gasteiger partial charge in [0, 0.05) is 17.7 Å². The zero-order valence-corrected chi connectivity index (χ0v) is 29.2. The Labute approximate surface area is 304 Å². The van der Waals surface area contributed by atoms with Crippen molar-refractivity contribution in [3.05, 3.63) is 188 Å². The number of ether oxygens (including phenoxy) is 4. The number of hydrogen-bond donors (Lipinski definition) is 0. The summed E-state index contributed by atoms with van der Waals surface area (Å²) < 4.78 is 32.1. The van der Waals surface area contributed by atoms with Crippen LogP contribution >= 0.6 is 22.6 Å². The molecule has 0 unspecified atom stereocenters. The molecular weight excluding hydrogens is 739 g/mol. The first-order valence-corrected chi connectivity index (χ1v) is 17.3. The highest BCUT2D eigenvalue weighted by atomic mass is 127. The van der Waals surface area contributed by atoms with E-state index in [9.17, 15) is 4.79 Å². The Bertz CT molecular complexity index is 2240. The fraction of sp³-hybridized carbons (Fsp3) is 0.0930. The molecule has 0 saturated carbocycles. The average Bonchev–Trinajstić information content (AvgIpc) is 3.17. The van der Waals surface area contributed by atoms with Crippen LogP contribution in [0.3, 0.4) is 0 Å². The molecule has 0 aliphatic carbocycles. The van der Waals surface area contributed by atoms with Gasteiger partial charge in [-0.05, 0) is 57.0 Å². The van der Waals surface area contributed by atoms with Crippen molar-refractivity contribution in [2.45, 2.75) is 26.4 Å². The van der Waals surface area contributed by atoms with Gasteiger partial charge in [0.15, 0.2) is 5.75 Å². The summed E-state index contributed by atoms with van der Waals surface area (Å²) in [6.07, 6.45) is 1.48. The fourth-order valence-electron chi connectivity index (χ4n) is 5.51. The van der Waals surface area contributed by atoms with Crippen molar-refractivity contribution in [1.82, 2.24) is 0 Å². The standard InChI is InChI=1S/C43H33IO6/c44-41-39(48-27-32-17-9-3-10-18-32)24-38-40(43(41)50-28-33-19-11-4-12-20-33)42(45)36(29-49-38)35-22-21-34(46-25-30-13-5-1-6-14-30)23-37(35)47-26-31-15-7-2-8-16-31/h1-24,29H,25-28H2. The van der Waals surface area contributed by atoms with Crippen molar-refractivity contribution in [1.29, 1.82) is 0 Å². The van der Waals surface area contributed by atoms with Gasteiger partial charge >= 0.3 is 0 Å². The number of benzene rings is 6. The maximum atomic E-state index is 14.6. The molecule has 0 aliphatic rings. The first-order chi connectivity index (χ1) is 24.6. The molecule has 0 amide bonds. The van der Waals surface area contributed by atoms with Gasteiger partial charge in [0.05, 0.1) is 9.13 Å². The van der Waals surface area contributed by atoms with Gasteiger partial charge in [0.25, 0.3) is 0 Å². The summed E-state index contributed by atoms with van der Waals surface area (Å²) in [6.45, 7) is 1.31. The van der Waals surface area contributed by atoms with Gasteiger partial charge in [-0.1, -0.05) is 121 Å². The van der Waals surface area contributed by atoms with Crippen LogP contribution in [-0.2, 0) is 26.4 Å². The number of fused-ring (bicyclic) bond motifs is 1. The van der Waals surface area contributed by atoms with E-state index in [-0.39, 0.29) is 12.0 Å². The van der Waals surface area contributed by atoms with Crippen LogP contribution in [0, 0.1) is 3.57 Å². The lowest BCUT2D eigenvalue weighted by molar-refractivity contribution is 0.287. The van der Waals surface area contributed by atoms with Crippen molar-refractivity contribution in [3.8, 4) is 34.1 Å². The Morgan fingerprint density at radius 3 is 1.52 bits per heavy atom. The average molecular weight is 773 g/mol. The molecule has 6 nitrogen and oxygen atoms in total. The number of hydrogen-bond acceptors (Lipinski definition) is 6. The molecule has 0 spiro atoms. The lowest BCUT2D eigenvalue weighted by Crippen LogP contribution is -2.10. The molecule has 248 valence electrons. The van der Waals surface area contributed by atoms with Crippen molar-refractivity contribution < 1.29 is 23.4 Å². The van der Waals surface area contributed by atoms with Gasteiger partial charge in [-0.25, -0.2) is 0 Å². The molecule has 7 heteroatoms. The molecule has 50 heavy (non-hydrogen) atoms. The van der Waals surface area contributed by atoms with Gasteiger partial charge in [-0.2, -0.15) is 0 Å². The Hall–Kier alpha value is -5.54. The second kappa shape index (κ2) is 15.8. The minimum absolute atomic E-state index is 0.246. The highest BCUT2D eigenvalue weighted by Crippen LogP contribution is 2.40. The van der Waals surface area contributed by atoms with Gasteiger partial charge < -0.3 is 23.4 Å². The number of rotatable bonds is 13. The third-order valence-electron chi connectivity index (χ3n) is 8.12. The van der Waals surface area contributed by atoms with E-state index in [1.807, 2.05) is 140 Å². The monoisotopic (exact) mass is 772 g/mol. The second-order valence-corrected chi connectivity index (χ2v) is 12.7. The third kappa shape index (κ3) is 7.84. The first-order valence-electron chi connectivity index (χ1n) is 16.2. The molecule has 0 aliphatic heterocycles. The quantitative estimate of drug-likeness (QED) is 0.109. The summed E-state index contributed by atoms with van der Waals surface area (Å²) in [7, 11) is 0. The lowest BCUT2D eigenvalue weighted by Gasteiger charge is -2.17. The summed E-state index contributed by atoms with van der Waals surface area (Å²) in [5.41, 5.74) is 5.06. The topological polar surface area (TPSA) is 67.1 Å². The van der Waals surface area contributed by atoms with Crippen molar-refractivity contribution in [2.24, 2.45) is 0 Å². The highest BCUT2D eigenvalue weighted by molar-refractivity contribution is 14.1. The third-order valence-corrected chi connectivity index (χ3v) is 9.14. The van der Waals surface area contributed by atoms with E-state index in [0.29, 0.717) is 68.5 Å². The van der Waals surface area contributed by atoms with E-state index in [4.69, 9.17) is 23.4 Å². The van der Waals surface area contributed by atoms with E-state index >= 15 is 0 Å². The maximum Gasteiger partial charge on any atom is 0.204 e. The zero-order valence-electron chi connectivity index (χ0n) is 27.1. The van der Waals surface area contributed by atoms with Crippen LogP contribution in [0.2, 0.25) is 0 Å². The fourth-order valence-corrected chi connectivity index (χ4v) is 6.25. The summed E-state index contributed by atoms with van der Waals surface area (Å²) in [5, 5.41) is 0.327. The molecule has 7 rings (SSSR count). The maximum absolute atomic E-state index is 14.6. The molecule has 0 N–H and O–H groups in total.